The lowest BCUT2D eigenvalue weighted by Crippen LogP contribution is -2.53. The zero-order chi connectivity index (χ0) is 14.0. The van der Waals surface area contributed by atoms with Gasteiger partial charge in [-0.25, -0.2) is 0 Å². The van der Waals surface area contributed by atoms with Gasteiger partial charge >= 0.3 is 0 Å². The fourth-order valence-electron chi connectivity index (χ4n) is 6.30. The van der Waals surface area contributed by atoms with Crippen molar-refractivity contribution in [2.24, 2.45) is 33.6 Å². The van der Waals surface area contributed by atoms with Crippen LogP contribution in [-0.2, 0) is 4.79 Å². The largest absolute Gasteiger partial charge is 0.299 e. The number of rotatable bonds is 0. The molecule has 0 N–H and O–H groups in total. The van der Waals surface area contributed by atoms with E-state index >= 15 is 0 Å². The van der Waals surface area contributed by atoms with Crippen LogP contribution in [0.2, 0.25) is 0 Å². The second kappa shape index (κ2) is 4.18. The minimum atomic E-state index is 0.0286. The van der Waals surface area contributed by atoms with Crippen LogP contribution in [0.4, 0.5) is 0 Å². The van der Waals surface area contributed by atoms with Gasteiger partial charge in [-0.05, 0) is 62.7 Å². The first-order valence-electron chi connectivity index (χ1n) is 8.63. The Morgan fingerprint density at radius 1 is 1.00 bits per heavy atom. The number of carbonyl (C=O) groups is 1. The molecule has 0 radical (unpaired) electrons. The number of hydrogen-bond donors (Lipinski definition) is 0. The maximum atomic E-state index is 12.3. The van der Waals surface area contributed by atoms with E-state index in [4.69, 9.17) is 4.99 Å². The summed E-state index contributed by atoms with van der Waals surface area (Å²) in [5.74, 6) is 2.84. The standard InChI is InChI=1S/C18H27NO/c1-17-9-3-11-19-15(17)6-4-12-13-5-7-16(20)18(13,2)10-8-14(12)17/h12-14H,3-11H2,1-2H3. The maximum absolute atomic E-state index is 12.3. The highest BCUT2D eigenvalue weighted by atomic mass is 16.1. The molecular formula is C18H27NO. The number of ketones is 1. The second-order valence-corrected chi connectivity index (χ2v) is 8.18. The lowest BCUT2D eigenvalue weighted by atomic mass is 9.48. The Morgan fingerprint density at radius 3 is 2.65 bits per heavy atom. The van der Waals surface area contributed by atoms with E-state index in [0.717, 1.165) is 31.2 Å². The van der Waals surface area contributed by atoms with Gasteiger partial charge in [-0.3, -0.25) is 9.79 Å². The molecule has 0 aromatic heterocycles. The van der Waals surface area contributed by atoms with Crippen molar-refractivity contribution in [2.75, 3.05) is 6.54 Å². The van der Waals surface area contributed by atoms with Gasteiger partial charge in [0.05, 0.1) is 0 Å². The Labute approximate surface area is 122 Å². The molecule has 1 heterocycles. The summed E-state index contributed by atoms with van der Waals surface area (Å²) >= 11 is 0. The number of nitrogens with zero attached hydrogens (tertiary/aromatic N) is 1. The summed E-state index contributed by atoms with van der Waals surface area (Å²) in [6.45, 7) is 5.82. The summed E-state index contributed by atoms with van der Waals surface area (Å²) in [6, 6.07) is 0. The van der Waals surface area contributed by atoms with Gasteiger partial charge in [0.2, 0.25) is 0 Å². The van der Waals surface area contributed by atoms with Crippen molar-refractivity contribution in [3.63, 3.8) is 0 Å². The fraction of sp³-hybridized carbons (Fsp3) is 0.889. The third-order valence-electron chi connectivity index (χ3n) is 7.50. The highest BCUT2D eigenvalue weighted by Crippen LogP contribution is 2.62. The van der Waals surface area contributed by atoms with Gasteiger partial charge in [0.25, 0.3) is 0 Å². The van der Waals surface area contributed by atoms with E-state index < -0.39 is 0 Å². The highest BCUT2D eigenvalue weighted by molar-refractivity contribution is 5.92. The SMILES string of the molecule is CC12CCC3C(CCC4=NCCCC43C)C1CCC2=O. The molecule has 5 unspecified atom stereocenters. The Balaban J connectivity index is 1.70. The molecule has 4 aliphatic rings. The minimum absolute atomic E-state index is 0.0286. The summed E-state index contributed by atoms with van der Waals surface area (Å²) in [7, 11) is 0. The third-order valence-corrected chi connectivity index (χ3v) is 7.50. The minimum Gasteiger partial charge on any atom is -0.299 e. The van der Waals surface area contributed by atoms with Crippen LogP contribution in [0, 0.1) is 28.6 Å². The van der Waals surface area contributed by atoms with Crippen LogP contribution >= 0.6 is 0 Å². The number of Topliss-reactive ketones (excluding diaryl/α,β-unsaturated/α-hetero) is 1. The molecule has 0 aromatic rings. The van der Waals surface area contributed by atoms with Gasteiger partial charge in [-0.2, -0.15) is 0 Å². The van der Waals surface area contributed by atoms with Crippen molar-refractivity contribution < 1.29 is 4.79 Å². The van der Waals surface area contributed by atoms with Crippen LogP contribution in [0.15, 0.2) is 4.99 Å². The molecule has 2 heteroatoms. The fourth-order valence-corrected chi connectivity index (χ4v) is 6.30. The lowest BCUT2D eigenvalue weighted by molar-refractivity contribution is -0.131. The molecule has 20 heavy (non-hydrogen) atoms. The summed E-state index contributed by atoms with van der Waals surface area (Å²) in [5.41, 5.74) is 1.92. The van der Waals surface area contributed by atoms with Crippen molar-refractivity contribution in [2.45, 2.75) is 65.2 Å². The van der Waals surface area contributed by atoms with E-state index in [1.54, 1.807) is 0 Å². The van der Waals surface area contributed by atoms with Crippen molar-refractivity contribution in [1.82, 2.24) is 0 Å². The van der Waals surface area contributed by atoms with Gasteiger partial charge in [-0.1, -0.05) is 13.8 Å². The zero-order valence-electron chi connectivity index (χ0n) is 13.0. The maximum Gasteiger partial charge on any atom is 0.139 e. The normalized spacial score (nSPS) is 51.0. The van der Waals surface area contributed by atoms with Gasteiger partial charge in [0.1, 0.15) is 5.78 Å². The van der Waals surface area contributed by atoms with E-state index in [1.807, 2.05) is 0 Å². The first kappa shape index (κ1) is 13.0. The van der Waals surface area contributed by atoms with E-state index in [2.05, 4.69) is 13.8 Å². The Bertz CT molecular complexity index is 482. The average Bonchev–Trinajstić information content (AvgIpc) is 2.74. The summed E-state index contributed by atoms with van der Waals surface area (Å²) < 4.78 is 0. The molecule has 5 atom stereocenters. The van der Waals surface area contributed by atoms with Crippen molar-refractivity contribution in [3.05, 3.63) is 0 Å². The number of hydrogen-bond acceptors (Lipinski definition) is 2. The van der Waals surface area contributed by atoms with Gasteiger partial charge in [-0.15, -0.1) is 0 Å². The van der Waals surface area contributed by atoms with Crippen LogP contribution in [0.25, 0.3) is 0 Å². The second-order valence-electron chi connectivity index (χ2n) is 8.18. The van der Waals surface area contributed by atoms with Crippen LogP contribution in [-0.4, -0.2) is 18.0 Å². The van der Waals surface area contributed by atoms with Crippen molar-refractivity contribution >= 4 is 11.5 Å². The lowest BCUT2D eigenvalue weighted by Gasteiger charge is -2.56. The van der Waals surface area contributed by atoms with E-state index in [-0.39, 0.29) is 5.41 Å². The van der Waals surface area contributed by atoms with Crippen LogP contribution in [0.5, 0.6) is 0 Å². The van der Waals surface area contributed by atoms with E-state index in [9.17, 15) is 4.79 Å². The predicted molar refractivity (Wildman–Crippen MR) is 80.9 cm³/mol. The Hall–Kier alpha value is -0.660. The molecule has 0 amide bonds. The van der Waals surface area contributed by atoms with Gasteiger partial charge in [0.15, 0.2) is 0 Å². The first-order valence-corrected chi connectivity index (χ1v) is 8.63. The molecular weight excluding hydrogens is 246 g/mol. The molecule has 3 saturated carbocycles. The predicted octanol–water partition coefficient (Wildman–Crippen LogP) is 4.03. The molecule has 0 aromatic carbocycles. The first-order chi connectivity index (χ1) is 9.56. The van der Waals surface area contributed by atoms with Crippen molar-refractivity contribution in [3.8, 4) is 0 Å². The highest BCUT2D eigenvalue weighted by Gasteiger charge is 2.58. The van der Waals surface area contributed by atoms with Crippen LogP contribution in [0.1, 0.15) is 65.2 Å². The van der Waals surface area contributed by atoms with Gasteiger partial charge < -0.3 is 0 Å². The van der Waals surface area contributed by atoms with Crippen LogP contribution in [0.3, 0.4) is 0 Å². The number of carbonyl (C=O) groups excluding carboxylic acids is 1. The molecule has 1 aliphatic heterocycles. The molecule has 110 valence electrons. The quantitative estimate of drug-likeness (QED) is 0.655. The summed E-state index contributed by atoms with van der Waals surface area (Å²) in [4.78, 5) is 17.2. The monoisotopic (exact) mass is 273 g/mol. The summed E-state index contributed by atoms with van der Waals surface area (Å²) in [6.07, 6.45) is 9.53. The van der Waals surface area contributed by atoms with Gasteiger partial charge in [0, 0.05) is 29.5 Å². The van der Waals surface area contributed by atoms with E-state index in [0.29, 0.717) is 17.1 Å². The Kier molecular flexibility index (Phi) is 2.72. The van der Waals surface area contributed by atoms with E-state index in [1.165, 1.54) is 44.2 Å². The molecule has 3 aliphatic carbocycles. The molecule has 3 fully saturated rings. The van der Waals surface area contributed by atoms with Crippen LogP contribution < -0.4 is 0 Å². The summed E-state index contributed by atoms with van der Waals surface area (Å²) in [5, 5.41) is 0. The molecule has 0 bridgehead atoms. The topological polar surface area (TPSA) is 29.4 Å². The third kappa shape index (κ3) is 1.51. The molecule has 0 spiro atoms. The number of fused-ring (bicyclic) bond motifs is 5. The number of aliphatic imine (C=N–C) groups is 1. The van der Waals surface area contributed by atoms with Crippen molar-refractivity contribution in [1.29, 1.82) is 0 Å². The smallest absolute Gasteiger partial charge is 0.139 e. The molecule has 2 nitrogen and oxygen atoms in total. The Morgan fingerprint density at radius 2 is 1.80 bits per heavy atom. The zero-order valence-corrected chi connectivity index (χ0v) is 13.0. The molecule has 0 saturated heterocycles. The average molecular weight is 273 g/mol. The molecule has 4 rings (SSSR count).